The zero-order valence-corrected chi connectivity index (χ0v) is 12.4. The van der Waals surface area contributed by atoms with Crippen molar-refractivity contribution in [3.63, 3.8) is 0 Å². The molecule has 0 radical (unpaired) electrons. The zero-order chi connectivity index (χ0) is 15.2. The molecule has 0 amide bonds. The number of benzene rings is 1. The molecule has 4 heteroatoms. The summed E-state index contributed by atoms with van der Waals surface area (Å²) in [4.78, 5) is 0. The van der Waals surface area contributed by atoms with Crippen molar-refractivity contribution in [3.8, 4) is 6.07 Å². The molecule has 0 aliphatic heterocycles. The molecule has 0 spiro atoms. The van der Waals surface area contributed by atoms with Crippen molar-refractivity contribution in [2.24, 2.45) is 5.41 Å². The highest BCUT2D eigenvalue weighted by Crippen LogP contribution is 2.26. The lowest BCUT2D eigenvalue weighted by atomic mass is 9.83. The second-order valence-corrected chi connectivity index (χ2v) is 5.32. The fourth-order valence-electron chi connectivity index (χ4n) is 2.21. The Morgan fingerprint density at radius 3 is 2.50 bits per heavy atom. The molecule has 20 heavy (non-hydrogen) atoms. The van der Waals surface area contributed by atoms with Crippen molar-refractivity contribution in [2.75, 3.05) is 13.2 Å². The van der Waals surface area contributed by atoms with Crippen LogP contribution in [0.5, 0.6) is 0 Å². The van der Waals surface area contributed by atoms with Crippen LogP contribution in [0.15, 0.2) is 18.2 Å². The fourth-order valence-corrected chi connectivity index (χ4v) is 2.21. The first kappa shape index (κ1) is 16.6. The maximum Gasteiger partial charge on any atom is 0.129 e. The van der Waals surface area contributed by atoms with Gasteiger partial charge in [0.2, 0.25) is 0 Å². The molecule has 1 atom stereocenters. The van der Waals surface area contributed by atoms with Gasteiger partial charge < -0.3 is 10.4 Å². The third-order valence-corrected chi connectivity index (χ3v) is 4.21. The SMILES string of the molecule is CCC(CC)(CO)CNC(C)c1ccc(C#N)cc1F. The van der Waals surface area contributed by atoms with Gasteiger partial charge >= 0.3 is 0 Å². The first-order valence-electron chi connectivity index (χ1n) is 7.05. The Morgan fingerprint density at radius 2 is 2.05 bits per heavy atom. The van der Waals surface area contributed by atoms with E-state index in [4.69, 9.17) is 5.26 Å². The van der Waals surface area contributed by atoms with Gasteiger partial charge in [0.15, 0.2) is 0 Å². The average Bonchev–Trinajstić information content (AvgIpc) is 2.48. The van der Waals surface area contributed by atoms with E-state index in [0.717, 1.165) is 12.8 Å². The summed E-state index contributed by atoms with van der Waals surface area (Å²) in [6.45, 7) is 6.74. The monoisotopic (exact) mass is 278 g/mol. The van der Waals surface area contributed by atoms with E-state index in [9.17, 15) is 9.50 Å². The van der Waals surface area contributed by atoms with Gasteiger partial charge in [-0.3, -0.25) is 0 Å². The van der Waals surface area contributed by atoms with Crippen molar-refractivity contribution >= 4 is 0 Å². The minimum absolute atomic E-state index is 0.121. The number of halogens is 1. The van der Waals surface area contributed by atoms with E-state index in [0.29, 0.717) is 17.7 Å². The summed E-state index contributed by atoms with van der Waals surface area (Å²) >= 11 is 0. The van der Waals surface area contributed by atoms with E-state index in [2.05, 4.69) is 5.32 Å². The number of hydrogen-bond donors (Lipinski definition) is 2. The van der Waals surface area contributed by atoms with Gasteiger partial charge in [0.05, 0.1) is 11.6 Å². The van der Waals surface area contributed by atoms with E-state index < -0.39 is 0 Å². The van der Waals surface area contributed by atoms with Crippen LogP contribution in [0.25, 0.3) is 0 Å². The predicted molar refractivity (Wildman–Crippen MR) is 77.6 cm³/mol. The maximum absolute atomic E-state index is 13.9. The summed E-state index contributed by atoms with van der Waals surface area (Å²) in [5.74, 6) is -0.369. The van der Waals surface area contributed by atoms with Crippen LogP contribution >= 0.6 is 0 Å². The van der Waals surface area contributed by atoms with Gasteiger partial charge in [0, 0.05) is 30.2 Å². The molecule has 3 nitrogen and oxygen atoms in total. The van der Waals surface area contributed by atoms with Crippen molar-refractivity contribution in [1.29, 1.82) is 5.26 Å². The lowest BCUT2D eigenvalue weighted by molar-refractivity contribution is 0.110. The van der Waals surface area contributed by atoms with E-state index in [1.54, 1.807) is 12.1 Å². The number of rotatable bonds is 7. The minimum atomic E-state index is -0.369. The van der Waals surface area contributed by atoms with Crippen LogP contribution in [0.4, 0.5) is 4.39 Å². The third-order valence-electron chi connectivity index (χ3n) is 4.21. The zero-order valence-electron chi connectivity index (χ0n) is 12.4. The molecular weight excluding hydrogens is 255 g/mol. The van der Waals surface area contributed by atoms with Gasteiger partial charge in [-0.15, -0.1) is 0 Å². The first-order valence-corrected chi connectivity index (χ1v) is 7.05. The topological polar surface area (TPSA) is 56.0 Å². The molecule has 0 fully saturated rings. The number of nitriles is 1. The molecule has 0 bridgehead atoms. The van der Waals surface area contributed by atoms with E-state index >= 15 is 0 Å². The Morgan fingerprint density at radius 1 is 1.40 bits per heavy atom. The van der Waals surface area contributed by atoms with Crippen LogP contribution in [-0.4, -0.2) is 18.3 Å². The van der Waals surface area contributed by atoms with Crippen molar-refractivity contribution in [1.82, 2.24) is 5.32 Å². The molecule has 2 N–H and O–H groups in total. The van der Waals surface area contributed by atoms with Crippen LogP contribution in [0.2, 0.25) is 0 Å². The molecule has 1 aromatic rings. The Labute approximate surface area is 120 Å². The second-order valence-electron chi connectivity index (χ2n) is 5.32. The Hall–Kier alpha value is -1.44. The molecule has 110 valence electrons. The lowest BCUT2D eigenvalue weighted by Gasteiger charge is -2.31. The van der Waals surface area contributed by atoms with Crippen LogP contribution in [0.3, 0.4) is 0 Å². The summed E-state index contributed by atoms with van der Waals surface area (Å²) in [6.07, 6.45) is 1.74. The molecule has 0 aromatic heterocycles. The highest BCUT2D eigenvalue weighted by atomic mass is 19.1. The van der Waals surface area contributed by atoms with Gasteiger partial charge in [-0.2, -0.15) is 5.26 Å². The molecule has 1 rings (SSSR count). The van der Waals surface area contributed by atoms with Gasteiger partial charge in [0.25, 0.3) is 0 Å². The quantitative estimate of drug-likeness (QED) is 0.805. The summed E-state index contributed by atoms with van der Waals surface area (Å²) in [6, 6.07) is 6.28. The van der Waals surface area contributed by atoms with Gasteiger partial charge in [0.1, 0.15) is 5.82 Å². The summed E-state index contributed by atoms with van der Waals surface area (Å²) < 4.78 is 13.9. The van der Waals surface area contributed by atoms with Crippen LogP contribution in [0.1, 0.15) is 50.8 Å². The van der Waals surface area contributed by atoms with E-state index in [1.807, 2.05) is 26.8 Å². The molecule has 1 aromatic carbocycles. The van der Waals surface area contributed by atoms with E-state index in [1.165, 1.54) is 6.07 Å². The molecule has 1 unspecified atom stereocenters. The number of nitrogens with zero attached hydrogens (tertiary/aromatic N) is 1. The summed E-state index contributed by atoms with van der Waals surface area (Å²) in [7, 11) is 0. The number of aliphatic hydroxyl groups is 1. The van der Waals surface area contributed by atoms with Crippen LogP contribution in [-0.2, 0) is 0 Å². The Bertz CT molecular complexity index is 470. The largest absolute Gasteiger partial charge is 0.396 e. The smallest absolute Gasteiger partial charge is 0.129 e. The maximum atomic E-state index is 13.9. The Balaban J connectivity index is 2.77. The van der Waals surface area contributed by atoms with Crippen LogP contribution < -0.4 is 5.32 Å². The van der Waals surface area contributed by atoms with Gasteiger partial charge in [-0.25, -0.2) is 4.39 Å². The van der Waals surface area contributed by atoms with E-state index in [-0.39, 0.29) is 23.9 Å². The van der Waals surface area contributed by atoms with Crippen molar-refractivity contribution in [2.45, 2.75) is 39.7 Å². The third kappa shape index (κ3) is 3.78. The second kappa shape index (κ2) is 7.37. The first-order chi connectivity index (χ1) is 9.51. The fraction of sp³-hybridized carbons (Fsp3) is 0.562. The molecule has 0 saturated carbocycles. The highest BCUT2D eigenvalue weighted by Gasteiger charge is 2.26. The summed E-state index contributed by atoms with van der Waals surface area (Å²) in [5, 5.41) is 21.6. The van der Waals surface area contributed by atoms with Crippen molar-refractivity contribution in [3.05, 3.63) is 35.1 Å². The standard InChI is InChI=1S/C16H23FN2O/c1-4-16(5-2,11-20)10-19-12(3)14-7-6-13(9-18)8-15(14)17/h6-8,12,19-20H,4-5,10-11H2,1-3H3. The highest BCUT2D eigenvalue weighted by molar-refractivity contribution is 5.34. The number of nitrogens with one attached hydrogen (secondary N) is 1. The average molecular weight is 278 g/mol. The number of hydrogen-bond acceptors (Lipinski definition) is 3. The predicted octanol–water partition coefficient (Wildman–Crippen LogP) is 3.15. The molecular formula is C16H23FN2O. The Kier molecular flexibility index (Phi) is 6.12. The van der Waals surface area contributed by atoms with Gasteiger partial charge in [-0.1, -0.05) is 19.9 Å². The van der Waals surface area contributed by atoms with Gasteiger partial charge in [-0.05, 0) is 31.9 Å². The molecule has 0 aliphatic rings. The summed E-state index contributed by atoms with van der Waals surface area (Å²) in [5.41, 5.74) is 0.713. The normalized spacial score (nSPS) is 13.0. The van der Waals surface area contributed by atoms with Crippen LogP contribution in [0, 0.1) is 22.6 Å². The molecule has 0 saturated heterocycles. The molecule has 0 aliphatic carbocycles. The van der Waals surface area contributed by atoms with Crippen molar-refractivity contribution < 1.29 is 9.50 Å². The lowest BCUT2D eigenvalue weighted by Crippen LogP contribution is -2.37. The molecule has 0 heterocycles. The number of aliphatic hydroxyl groups excluding tert-OH is 1. The minimum Gasteiger partial charge on any atom is -0.396 e.